The van der Waals surface area contributed by atoms with E-state index in [0.717, 1.165) is 29.9 Å². The van der Waals surface area contributed by atoms with Crippen molar-refractivity contribution in [2.75, 3.05) is 50.7 Å². The van der Waals surface area contributed by atoms with Crippen molar-refractivity contribution in [2.24, 2.45) is 0 Å². The second kappa shape index (κ2) is 9.20. The van der Waals surface area contributed by atoms with E-state index in [0.29, 0.717) is 32.7 Å². The van der Waals surface area contributed by atoms with Crippen LogP contribution < -0.4 is 4.90 Å². The van der Waals surface area contributed by atoms with Crippen LogP contribution in [0.5, 0.6) is 0 Å². The maximum Gasteiger partial charge on any atom is 0.312 e. The van der Waals surface area contributed by atoms with E-state index in [1.165, 1.54) is 4.90 Å². The Balaban J connectivity index is 1.28. The van der Waals surface area contributed by atoms with Crippen LogP contribution in [0.1, 0.15) is 11.1 Å². The number of nitrogens with zero attached hydrogens (tertiary/aromatic N) is 4. The van der Waals surface area contributed by atoms with Gasteiger partial charge < -0.3 is 19.6 Å². The molecule has 0 aromatic heterocycles. The van der Waals surface area contributed by atoms with Crippen LogP contribution in [0.2, 0.25) is 0 Å². The first kappa shape index (κ1) is 20.9. The van der Waals surface area contributed by atoms with Gasteiger partial charge in [0.15, 0.2) is 0 Å². The molecule has 2 aliphatic heterocycles. The topological polar surface area (TPSA) is 64.2 Å². The summed E-state index contributed by atoms with van der Waals surface area (Å²) in [7, 11) is 0. The molecule has 2 aromatic carbocycles. The largest absolute Gasteiger partial charge is 0.368 e. The number of para-hydroxylation sites is 1. The second-order valence-corrected chi connectivity index (χ2v) is 8.15. The fraction of sp³-hybridized carbons (Fsp3) is 0.375. The number of piperazine rings is 2. The molecule has 0 unspecified atom stereocenters. The van der Waals surface area contributed by atoms with Crippen molar-refractivity contribution in [3.63, 3.8) is 0 Å². The van der Waals surface area contributed by atoms with E-state index in [4.69, 9.17) is 0 Å². The normalized spacial score (nSPS) is 17.3. The first-order valence-electron chi connectivity index (χ1n) is 10.7. The molecule has 0 atom stereocenters. The van der Waals surface area contributed by atoms with Crippen LogP contribution in [0.3, 0.4) is 0 Å². The number of amides is 3. The smallest absolute Gasteiger partial charge is 0.312 e. The van der Waals surface area contributed by atoms with Gasteiger partial charge in [0.2, 0.25) is 5.91 Å². The quantitative estimate of drug-likeness (QED) is 0.688. The van der Waals surface area contributed by atoms with Crippen LogP contribution >= 0.6 is 0 Å². The summed E-state index contributed by atoms with van der Waals surface area (Å²) in [5.74, 6) is -1.22. The predicted molar refractivity (Wildman–Crippen MR) is 118 cm³/mol. The molecule has 2 aliphatic rings. The molecule has 31 heavy (non-hydrogen) atoms. The van der Waals surface area contributed by atoms with E-state index in [-0.39, 0.29) is 12.5 Å². The summed E-state index contributed by atoms with van der Waals surface area (Å²) >= 11 is 0. The molecule has 0 spiro atoms. The number of carbonyl (C=O) groups excluding carboxylic acids is 3. The van der Waals surface area contributed by atoms with Crippen molar-refractivity contribution in [1.29, 1.82) is 0 Å². The van der Waals surface area contributed by atoms with Crippen LogP contribution in [-0.2, 0) is 20.9 Å². The summed E-state index contributed by atoms with van der Waals surface area (Å²) in [4.78, 5) is 44.9. The molecule has 0 bridgehead atoms. The van der Waals surface area contributed by atoms with Crippen LogP contribution in [0.4, 0.5) is 5.69 Å². The molecule has 2 saturated heterocycles. The molecular weight excluding hydrogens is 392 g/mol. The number of carbonyl (C=O) groups is 3. The predicted octanol–water partition coefficient (Wildman–Crippen LogP) is 1.51. The van der Waals surface area contributed by atoms with Gasteiger partial charge in [-0.1, -0.05) is 48.0 Å². The van der Waals surface area contributed by atoms with E-state index in [2.05, 4.69) is 17.0 Å². The minimum absolute atomic E-state index is 0.0335. The summed E-state index contributed by atoms with van der Waals surface area (Å²) in [6, 6.07) is 18.1. The molecule has 4 rings (SSSR count). The number of benzene rings is 2. The summed E-state index contributed by atoms with van der Waals surface area (Å²) in [6.45, 7) is 5.94. The average molecular weight is 421 g/mol. The van der Waals surface area contributed by atoms with Crippen molar-refractivity contribution in [2.45, 2.75) is 13.5 Å². The number of hydrogen-bond acceptors (Lipinski definition) is 4. The van der Waals surface area contributed by atoms with E-state index in [1.54, 1.807) is 9.80 Å². The molecular formula is C24H28N4O3. The van der Waals surface area contributed by atoms with Gasteiger partial charge in [0.1, 0.15) is 6.54 Å². The Hall–Kier alpha value is -3.35. The van der Waals surface area contributed by atoms with Crippen molar-refractivity contribution in [3.05, 3.63) is 65.7 Å². The fourth-order valence-electron chi connectivity index (χ4n) is 4.16. The van der Waals surface area contributed by atoms with E-state index < -0.39 is 11.8 Å². The van der Waals surface area contributed by atoms with Gasteiger partial charge in [-0.25, -0.2) is 0 Å². The monoisotopic (exact) mass is 420 g/mol. The zero-order valence-corrected chi connectivity index (χ0v) is 17.9. The van der Waals surface area contributed by atoms with Gasteiger partial charge in [-0.3, -0.25) is 14.4 Å². The first-order valence-corrected chi connectivity index (χ1v) is 10.7. The maximum atomic E-state index is 12.8. The lowest BCUT2D eigenvalue weighted by atomic mass is 10.1. The van der Waals surface area contributed by atoms with Crippen LogP contribution in [0, 0.1) is 6.92 Å². The summed E-state index contributed by atoms with van der Waals surface area (Å²) in [5, 5.41) is 0. The third-order valence-electron chi connectivity index (χ3n) is 5.93. The molecule has 2 heterocycles. The molecule has 2 aromatic rings. The lowest BCUT2D eigenvalue weighted by molar-refractivity contribution is -0.158. The van der Waals surface area contributed by atoms with Crippen LogP contribution in [0.25, 0.3) is 0 Å². The highest BCUT2D eigenvalue weighted by molar-refractivity contribution is 6.35. The summed E-state index contributed by atoms with van der Waals surface area (Å²) in [5.41, 5.74) is 3.27. The first-order chi connectivity index (χ1) is 15.0. The van der Waals surface area contributed by atoms with Crippen molar-refractivity contribution >= 4 is 23.4 Å². The van der Waals surface area contributed by atoms with E-state index in [9.17, 15) is 14.4 Å². The third kappa shape index (κ3) is 4.87. The van der Waals surface area contributed by atoms with Crippen molar-refractivity contribution in [1.82, 2.24) is 14.7 Å². The van der Waals surface area contributed by atoms with Gasteiger partial charge in [-0.05, 0) is 24.6 Å². The summed E-state index contributed by atoms with van der Waals surface area (Å²) < 4.78 is 0. The lowest BCUT2D eigenvalue weighted by Crippen LogP contribution is -2.57. The lowest BCUT2D eigenvalue weighted by Gasteiger charge is -2.38. The maximum absolute atomic E-state index is 12.8. The molecule has 2 fully saturated rings. The van der Waals surface area contributed by atoms with Crippen LogP contribution in [0.15, 0.2) is 54.6 Å². The number of hydrogen-bond donors (Lipinski definition) is 0. The van der Waals surface area contributed by atoms with Crippen molar-refractivity contribution < 1.29 is 14.4 Å². The van der Waals surface area contributed by atoms with Crippen molar-refractivity contribution in [3.8, 4) is 0 Å². The highest BCUT2D eigenvalue weighted by Crippen LogP contribution is 2.16. The molecule has 0 N–H and O–H groups in total. The van der Waals surface area contributed by atoms with Gasteiger partial charge in [0.05, 0.1) is 0 Å². The van der Waals surface area contributed by atoms with E-state index >= 15 is 0 Å². The Bertz CT molecular complexity index is 954. The Morgan fingerprint density at radius 2 is 1.48 bits per heavy atom. The minimum atomic E-state index is -0.588. The van der Waals surface area contributed by atoms with Gasteiger partial charge in [0, 0.05) is 51.5 Å². The molecule has 7 nitrogen and oxygen atoms in total. The standard InChI is InChI=1S/C24H28N4O3/c1-19-6-5-7-20(16-19)17-27-14-15-28(24(31)23(27)30)18-22(29)26-12-10-25(11-13-26)21-8-3-2-4-9-21/h2-9,16H,10-15,17-18H2,1H3. The van der Waals surface area contributed by atoms with Gasteiger partial charge in [-0.2, -0.15) is 0 Å². The Kier molecular flexibility index (Phi) is 6.21. The van der Waals surface area contributed by atoms with Gasteiger partial charge in [0.25, 0.3) is 0 Å². The molecule has 3 amide bonds. The zero-order valence-electron chi connectivity index (χ0n) is 17.9. The molecule has 0 radical (unpaired) electrons. The molecule has 162 valence electrons. The highest BCUT2D eigenvalue weighted by atomic mass is 16.2. The number of anilines is 1. The Morgan fingerprint density at radius 1 is 0.806 bits per heavy atom. The van der Waals surface area contributed by atoms with Crippen LogP contribution in [-0.4, -0.2) is 78.2 Å². The summed E-state index contributed by atoms with van der Waals surface area (Å²) in [6.07, 6.45) is 0. The number of aryl methyl sites for hydroxylation is 1. The fourth-order valence-corrected chi connectivity index (χ4v) is 4.16. The van der Waals surface area contributed by atoms with E-state index in [1.807, 2.05) is 49.4 Å². The SMILES string of the molecule is Cc1cccc(CN2CCN(CC(=O)N3CCN(c4ccccc4)CC3)C(=O)C2=O)c1. The third-order valence-corrected chi connectivity index (χ3v) is 5.93. The van der Waals surface area contributed by atoms with Gasteiger partial charge >= 0.3 is 11.8 Å². The Morgan fingerprint density at radius 3 is 2.19 bits per heavy atom. The highest BCUT2D eigenvalue weighted by Gasteiger charge is 2.34. The van der Waals surface area contributed by atoms with Gasteiger partial charge in [-0.15, -0.1) is 0 Å². The molecule has 0 saturated carbocycles. The second-order valence-electron chi connectivity index (χ2n) is 8.15. The number of rotatable bonds is 5. The molecule has 0 aliphatic carbocycles. The Labute approximate surface area is 182 Å². The average Bonchev–Trinajstić information content (AvgIpc) is 2.79. The zero-order chi connectivity index (χ0) is 21.8. The molecule has 7 heteroatoms. The minimum Gasteiger partial charge on any atom is -0.368 e.